The highest BCUT2D eigenvalue weighted by molar-refractivity contribution is 7.92. The molecule has 5 nitrogen and oxygen atoms in total. The highest BCUT2D eigenvalue weighted by Crippen LogP contribution is 2.35. The Morgan fingerprint density at radius 2 is 1.50 bits per heavy atom. The summed E-state index contributed by atoms with van der Waals surface area (Å²) in [5, 5.41) is 3.10. The number of hydrogen-bond acceptors (Lipinski definition) is 3. The van der Waals surface area contributed by atoms with E-state index < -0.39 is 22.5 Å². The van der Waals surface area contributed by atoms with Gasteiger partial charge in [0.2, 0.25) is 5.91 Å². The lowest BCUT2D eigenvalue weighted by molar-refractivity contribution is -0.114. The highest BCUT2D eigenvalue weighted by Gasteiger charge is 2.29. The minimum atomic E-state index is -4.10. The monoisotopic (exact) mass is 490 g/mol. The number of amides is 1. The summed E-state index contributed by atoms with van der Waals surface area (Å²) in [5.41, 5.74) is 4.57. The largest absolute Gasteiger partial charge is 0.324 e. The molecule has 0 aliphatic carbocycles. The van der Waals surface area contributed by atoms with Crippen LogP contribution in [0.1, 0.15) is 22.3 Å². The SMILES string of the molecule is Cc1ccc(S(=O)(=O)N(CC(=O)Nc2c(C)cc(C)cc2C)c2cccc(Cl)c2Cl)cc1. The molecular formula is C24H24Cl2N2O3S. The Kier molecular flexibility index (Phi) is 7.18. The number of sulfonamides is 1. The Hall–Kier alpha value is -2.54. The molecule has 32 heavy (non-hydrogen) atoms. The van der Waals surface area contributed by atoms with Crippen LogP contribution in [0, 0.1) is 27.7 Å². The number of anilines is 2. The number of nitrogens with one attached hydrogen (secondary N) is 1. The summed E-state index contributed by atoms with van der Waals surface area (Å²) >= 11 is 12.5. The molecule has 3 rings (SSSR count). The van der Waals surface area contributed by atoms with E-state index in [0.717, 1.165) is 26.6 Å². The van der Waals surface area contributed by atoms with Crippen molar-refractivity contribution in [2.24, 2.45) is 0 Å². The number of carbonyl (C=O) groups excluding carboxylic acids is 1. The first-order valence-corrected chi connectivity index (χ1v) is 12.1. The smallest absolute Gasteiger partial charge is 0.264 e. The minimum Gasteiger partial charge on any atom is -0.324 e. The van der Waals surface area contributed by atoms with E-state index in [1.807, 2.05) is 39.8 Å². The molecule has 0 aromatic heterocycles. The number of benzene rings is 3. The zero-order valence-corrected chi connectivity index (χ0v) is 20.6. The predicted molar refractivity (Wildman–Crippen MR) is 131 cm³/mol. The first-order valence-electron chi connectivity index (χ1n) is 9.92. The van der Waals surface area contributed by atoms with Gasteiger partial charge in [-0.1, -0.05) is 64.7 Å². The van der Waals surface area contributed by atoms with E-state index in [2.05, 4.69) is 5.32 Å². The van der Waals surface area contributed by atoms with Crippen molar-refractivity contribution in [2.75, 3.05) is 16.2 Å². The molecule has 0 aliphatic rings. The molecule has 8 heteroatoms. The van der Waals surface area contributed by atoms with Gasteiger partial charge in [-0.3, -0.25) is 9.10 Å². The fourth-order valence-corrected chi connectivity index (χ4v) is 5.39. The van der Waals surface area contributed by atoms with Crippen LogP contribution in [-0.4, -0.2) is 20.9 Å². The lowest BCUT2D eigenvalue weighted by Crippen LogP contribution is -2.38. The van der Waals surface area contributed by atoms with E-state index in [4.69, 9.17) is 23.2 Å². The van der Waals surface area contributed by atoms with E-state index in [1.165, 1.54) is 18.2 Å². The summed E-state index contributed by atoms with van der Waals surface area (Å²) in [6.45, 7) is 7.15. The van der Waals surface area contributed by atoms with E-state index in [0.29, 0.717) is 5.69 Å². The Morgan fingerprint density at radius 3 is 2.09 bits per heavy atom. The third-order valence-corrected chi connectivity index (χ3v) is 7.62. The quantitative estimate of drug-likeness (QED) is 0.456. The fraction of sp³-hybridized carbons (Fsp3) is 0.208. The third-order valence-electron chi connectivity index (χ3n) is 5.04. The topological polar surface area (TPSA) is 66.5 Å². The summed E-state index contributed by atoms with van der Waals surface area (Å²) in [6, 6.07) is 15.0. The van der Waals surface area contributed by atoms with E-state index in [1.54, 1.807) is 24.3 Å². The molecule has 0 aliphatic heterocycles. The van der Waals surface area contributed by atoms with Crippen LogP contribution in [0.2, 0.25) is 10.0 Å². The maximum atomic E-state index is 13.5. The van der Waals surface area contributed by atoms with Gasteiger partial charge in [-0.25, -0.2) is 8.42 Å². The van der Waals surface area contributed by atoms with Gasteiger partial charge in [0, 0.05) is 5.69 Å². The first kappa shape index (κ1) is 24.1. The maximum absolute atomic E-state index is 13.5. The lowest BCUT2D eigenvalue weighted by Gasteiger charge is -2.25. The highest BCUT2D eigenvalue weighted by atomic mass is 35.5. The lowest BCUT2D eigenvalue weighted by atomic mass is 10.1. The molecule has 1 amide bonds. The Balaban J connectivity index is 2.03. The van der Waals surface area contributed by atoms with Crippen LogP contribution in [0.4, 0.5) is 11.4 Å². The number of rotatable bonds is 6. The van der Waals surface area contributed by atoms with Crippen LogP contribution >= 0.6 is 23.2 Å². The fourth-order valence-electron chi connectivity index (χ4n) is 3.51. The molecule has 0 spiro atoms. The van der Waals surface area contributed by atoms with Crippen LogP contribution in [0.3, 0.4) is 0 Å². The molecule has 1 N–H and O–H groups in total. The first-order chi connectivity index (χ1) is 15.0. The molecular weight excluding hydrogens is 467 g/mol. The number of carbonyl (C=O) groups is 1. The zero-order valence-electron chi connectivity index (χ0n) is 18.2. The van der Waals surface area contributed by atoms with E-state index in [-0.39, 0.29) is 20.6 Å². The summed E-state index contributed by atoms with van der Waals surface area (Å²) in [7, 11) is -4.10. The van der Waals surface area contributed by atoms with Gasteiger partial charge >= 0.3 is 0 Å². The van der Waals surface area contributed by atoms with Crippen molar-refractivity contribution < 1.29 is 13.2 Å². The van der Waals surface area contributed by atoms with Gasteiger partial charge in [0.1, 0.15) is 6.54 Å². The van der Waals surface area contributed by atoms with Gasteiger partial charge in [0.15, 0.2) is 0 Å². The average molecular weight is 491 g/mol. The van der Waals surface area contributed by atoms with E-state index in [9.17, 15) is 13.2 Å². The molecule has 0 radical (unpaired) electrons. The van der Waals surface area contributed by atoms with Gasteiger partial charge in [-0.15, -0.1) is 0 Å². The minimum absolute atomic E-state index is 0.0506. The van der Waals surface area contributed by atoms with Crippen molar-refractivity contribution in [1.29, 1.82) is 0 Å². The van der Waals surface area contributed by atoms with Crippen LogP contribution in [0.5, 0.6) is 0 Å². The maximum Gasteiger partial charge on any atom is 0.264 e. The molecule has 0 saturated heterocycles. The van der Waals surface area contributed by atoms with Gasteiger partial charge in [-0.05, 0) is 63.1 Å². The molecule has 3 aromatic carbocycles. The zero-order chi connectivity index (χ0) is 23.6. The molecule has 168 valence electrons. The average Bonchev–Trinajstić information content (AvgIpc) is 2.71. The Labute approximate surface area is 199 Å². The molecule has 0 atom stereocenters. The van der Waals surface area contributed by atoms with E-state index >= 15 is 0 Å². The molecule has 0 saturated carbocycles. The third kappa shape index (κ3) is 5.09. The second-order valence-electron chi connectivity index (χ2n) is 7.72. The molecule has 0 bridgehead atoms. The summed E-state index contributed by atoms with van der Waals surface area (Å²) < 4.78 is 28.0. The number of aryl methyl sites for hydroxylation is 4. The van der Waals surface area contributed by atoms with Gasteiger partial charge in [0.05, 0.1) is 20.6 Å². The standard InChI is InChI=1S/C24H24Cl2N2O3S/c1-15-8-10-19(11-9-15)32(30,31)28(21-7-5-6-20(25)23(21)26)14-22(29)27-24-17(3)12-16(2)13-18(24)4/h5-13H,14H2,1-4H3,(H,27,29). The Bertz CT molecular complexity index is 1250. The van der Waals surface area contributed by atoms with Crippen molar-refractivity contribution >= 4 is 50.5 Å². The second-order valence-corrected chi connectivity index (χ2v) is 10.4. The van der Waals surface area contributed by atoms with Crippen molar-refractivity contribution in [1.82, 2.24) is 0 Å². The summed E-state index contributed by atoms with van der Waals surface area (Å²) in [5.74, 6) is -0.494. The second kappa shape index (κ2) is 9.53. The van der Waals surface area contributed by atoms with Crippen LogP contribution < -0.4 is 9.62 Å². The van der Waals surface area contributed by atoms with Gasteiger partial charge in [0.25, 0.3) is 10.0 Å². The summed E-state index contributed by atoms with van der Waals surface area (Å²) in [6.07, 6.45) is 0. The normalized spacial score (nSPS) is 11.3. The number of hydrogen-bond donors (Lipinski definition) is 1. The summed E-state index contributed by atoms with van der Waals surface area (Å²) in [4.78, 5) is 13.1. The van der Waals surface area contributed by atoms with Crippen LogP contribution in [0.15, 0.2) is 59.5 Å². The van der Waals surface area contributed by atoms with Crippen molar-refractivity contribution in [2.45, 2.75) is 32.6 Å². The van der Waals surface area contributed by atoms with Crippen LogP contribution in [0.25, 0.3) is 0 Å². The predicted octanol–water partition coefficient (Wildman–Crippen LogP) is 6.06. The molecule has 3 aromatic rings. The molecule has 0 fully saturated rings. The number of halogens is 2. The van der Waals surface area contributed by atoms with Crippen molar-refractivity contribution in [3.05, 3.63) is 86.9 Å². The van der Waals surface area contributed by atoms with Gasteiger partial charge in [-0.2, -0.15) is 0 Å². The number of nitrogens with zero attached hydrogens (tertiary/aromatic N) is 1. The van der Waals surface area contributed by atoms with Crippen molar-refractivity contribution in [3.8, 4) is 0 Å². The van der Waals surface area contributed by atoms with Crippen LogP contribution in [-0.2, 0) is 14.8 Å². The molecule has 0 unspecified atom stereocenters. The molecule has 0 heterocycles. The van der Waals surface area contributed by atoms with Crippen molar-refractivity contribution in [3.63, 3.8) is 0 Å². The Morgan fingerprint density at radius 1 is 0.906 bits per heavy atom. The van der Waals surface area contributed by atoms with Gasteiger partial charge < -0.3 is 5.32 Å².